The molecular formula is C16H19BrN2O3. The second-order valence-corrected chi connectivity index (χ2v) is 7.16. The number of urea groups is 1. The lowest BCUT2D eigenvalue weighted by Gasteiger charge is -2.32. The standard InChI is InChI=1S/C16H19BrN2O3/c1-9-12(14(20)22-16(2,3)4)13(19-15(21)18-9)10-5-7-11(17)8-6-10/h5-8,12-13H,1-4H3,(H,19,21). The van der Waals surface area contributed by atoms with Crippen LogP contribution >= 0.6 is 15.9 Å². The van der Waals surface area contributed by atoms with Crippen LogP contribution in [0.5, 0.6) is 0 Å². The molecule has 1 aliphatic rings. The maximum absolute atomic E-state index is 12.5. The van der Waals surface area contributed by atoms with Gasteiger partial charge in [-0.05, 0) is 45.4 Å². The third kappa shape index (κ3) is 3.94. The molecule has 1 heterocycles. The molecule has 22 heavy (non-hydrogen) atoms. The minimum absolute atomic E-state index is 0.387. The Morgan fingerprint density at radius 2 is 1.86 bits per heavy atom. The molecule has 0 bridgehead atoms. The first-order chi connectivity index (χ1) is 10.2. The first kappa shape index (κ1) is 16.7. The molecule has 2 rings (SSSR count). The molecule has 2 atom stereocenters. The van der Waals surface area contributed by atoms with Crippen molar-refractivity contribution in [2.24, 2.45) is 10.9 Å². The van der Waals surface area contributed by atoms with Crippen LogP contribution in [0.1, 0.15) is 39.3 Å². The third-order valence-electron chi connectivity index (χ3n) is 3.23. The highest BCUT2D eigenvalue weighted by atomic mass is 79.9. The maximum Gasteiger partial charge on any atom is 0.341 e. The normalized spacial score (nSPS) is 21.9. The number of nitrogens with zero attached hydrogens (tertiary/aromatic N) is 1. The van der Waals surface area contributed by atoms with Crippen LogP contribution in [0.25, 0.3) is 0 Å². The van der Waals surface area contributed by atoms with Crippen molar-refractivity contribution in [1.29, 1.82) is 0 Å². The summed E-state index contributed by atoms with van der Waals surface area (Å²) in [5.41, 5.74) is 0.705. The van der Waals surface area contributed by atoms with Crippen molar-refractivity contribution >= 4 is 33.6 Å². The van der Waals surface area contributed by atoms with Crippen molar-refractivity contribution in [3.63, 3.8) is 0 Å². The lowest BCUT2D eigenvalue weighted by Crippen LogP contribution is -2.45. The molecule has 118 valence electrons. The molecule has 6 heteroatoms. The number of benzene rings is 1. The van der Waals surface area contributed by atoms with Crippen LogP contribution in [0.15, 0.2) is 33.7 Å². The summed E-state index contributed by atoms with van der Waals surface area (Å²) >= 11 is 3.37. The van der Waals surface area contributed by atoms with Crippen molar-refractivity contribution in [1.82, 2.24) is 5.32 Å². The molecule has 1 aromatic carbocycles. The second kappa shape index (κ2) is 6.20. The van der Waals surface area contributed by atoms with Crippen LogP contribution in [0.3, 0.4) is 0 Å². The largest absolute Gasteiger partial charge is 0.459 e. The van der Waals surface area contributed by atoms with Gasteiger partial charge in [0, 0.05) is 10.2 Å². The monoisotopic (exact) mass is 366 g/mol. The maximum atomic E-state index is 12.5. The van der Waals surface area contributed by atoms with E-state index in [2.05, 4.69) is 26.2 Å². The average Bonchev–Trinajstić information content (AvgIpc) is 2.36. The summed E-state index contributed by atoms with van der Waals surface area (Å²) in [6.45, 7) is 7.12. The number of amides is 2. The van der Waals surface area contributed by atoms with E-state index in [1.807, 2.05) is 45.0 Å². The SMILES string of the molecule is CC1=NC(=O)NC(c2ccc(Br)cc2)C1C(=O)OC(C)(C)C. The first-order valence-electron chi connectivity index (χ1n) is 7.01. The number of esters is 1. The summed E-state index contributed by atoms with van der Waals surface area (Å²) in [6.07, 6.45) is 0. The van der Waals surface area contributed by atoms with E-state index in [4.69, 9.17) is 4.74 Å². The highest BCUT2D eigenvalue weighted by molar-refractivity contribution is 9.10. The molecular weight excluding hydrogens is 348 g/mol. The molecule has 2 amide bonds. The fourth-order valence-electron chi connectivity index (χ4n) is 2.34. The third-order valence-corrected chi connectivity index (χ3v) is 3.76. The van der Waals surface area contributed by atoms with Crippen molar-refractivity contribution in [3.8, 4) is 0 Å². The molecule has 0 aliphatic carbocycles. The van der Waals surface area contributed by atoms with E-state index in [-0.39, 0.29) is 5.97 Å². The summed E-state index contributed by atoms with van der Waals surface area (Å²) in [7, 11) is 0. The average molecular weight is 367 g/mol. The number of halogens is 1. The summed E-state index contributed by atoms with van der Waals surface area (Å²) < 4.78 is 6.41. The van der Waals surface area contributed by atoms with Crippen molar-refractivity contribution in [2.75, 3.05) is 0 Å². The molecule has 0 saturated heterocycles. The Bertz CT molecular complexity index is 617. The number of aliphatic imine (C=N–C) groups is 1. The zero-order valence-corrected chi connectivity index (χ0v) is 14.6. The van der Waals surface area contributed by atoms with Gasteiger partial charge in [0.25, 0.3) is 0 Å². The van der Waals surface area contributed by atoms with Gasteiger partial charge in [0.1, 0.15) is 11.5 Å². The summed E-state index contributed by atoms with van der Waals surface area (Å²) in [5.74, 6) is -1.01. The van der Waals surface area contributed by atoms with Crippen molar-refractivity contribution < 1.29 is 14.3 Å². The zero-order valence-electron chi connectivity index (χ0n) is 13.0. The number of nitrogens with one attached hydrogen (secondary N) is 1. The molecule has 1 N–H and O–H groups in total. The number of hydrogen-bond acceptors (Lipinski definition) is 3. The van der Waals surface area contributed by atoms with Gasteiger partial charge < -0.3 is 10.1 Å². The van der Waals surface area contributed by atoms with Crippen LogP contribution in [0.4, 0.5) is 4.79 Å². The Labute approximate surface area is 138 Å². The molecule has 0 radical (unpaired) electrons. The summed E-state index contributed by atoms with van der Waals surface area (Å²) in [4.78, 5) is 28.1. The lowest BCUT2D eigenvalue weighted by atomic mass is 9.88. The Morgan fingerprint density at radius 3 is 2.41 bits per heavy atom. The molecule has 0 fully saturated rings. The highest BCUT2D eigenvalue weighted by Gasteiger charge is 2.39. The van der Waals surface area contributed by atoms with Gasteiger partial charge in [-0.25, -0.2) is 9.79 Å². The molecule has 1 aliphatic heterocycles. The fourth-order valence-corrected chi connectivity index (χ4v) is 2.60. The van der Waals surface area contributed by atoms with Gasteiger partial charge >= 0.3 is 12.0 Å². The van der Waals surface area contributed by atoms with Gasteiger partial charge in [-0.1, -0.05) is 28.1 Å². The van der Waals surface area contributed by atoms with Gasteiger partial charge in [0.2, 0.25) is 0 Å². The van der Waals surface area contributed by atoms with E-state index in [1.165, 1.54) is 0 Å². The Balaban J connectivity index is 2.36. The predicted molar refractivity (Wildman–Crippen MR) is 87.9 cm³/mol. The van der Waals surface area contributed by atoms with Crippen LogP contribution in [-0.4, -0.2) is 23.3 Å². The Kier molecular flexibility index (Phi) is 4.70. The first-order valence-corrected chi connectivity index (χ1v) is 7.81. The fraction of sp³-hybridized carbons (Fsp3) is 0.438. The molecule has 5 nitrogen and oxygen atoms in total. The summed E-state index contributed by atoms with van der Waals surface area (Å²) in [6, 6.07) is 6.55. The van der Waals surface area contributed by atoms with Crippen LogP contribution in [0, 0.1) is 5.92 Å². The van der Waals surface area contributed by atoms with Gasteiger partial charge in [0.05, 0.1) is 6.04 Å². The smallest absolute Gasteiger partial charge is 0.341 e. The predicted octanol–water partition coefficient (Wildman–Crippen LogP) is 3.63. The van der Waals surface area contributed by atoms with Crippen molar-refractivity contribution in [2.45, 2.75) is 39.3 Å². The molecule has 0 spiro atoms. The number of ether oxygens (including phenoxy) is 1. The number of hydrogen-bond donors (Lipinski definition) is 1. The minimum Gasteiger partial charge on any atom is -0.459 e. The van der Waals surface area contributed by atoms with Gasteiger partial charge in [-0.2, -0.15) is 0 Å². The highest BCUT2D eigenvalue weighted by Crippen LogP contribution is 2.30. The van der Waals surface area contributed by atoms with Crippen molar-refractivity contribution in [3.05, 3.63) is 34.3 Å². The lowest BCUT2D eigenvalue weighted by molar-refractivity contribution is -0.158. The van der Waals surface area contributed by atoms with Gasteiger partial charge in [-0.3, -0.25) is 4.79 Å². The quantitative estimate of drug-likeness (QED) is 0.812. The van der Waals surface area contributed by atoms with Crippen LogP contribution < -0.4 is 5.32 Å². The molecule has 2 unspecified atom stereocenters. The molecule has 0 aromatic heterocycles. The van der Waals surface area contributed by atoms with Crippen LogP contribution in [-0.2, 0) is 9.53 Å². The van der Waals surface area contributed by atoms with Gasteiger partial charge in [-0.15, -0.1) is 0 Å². The Morgan fingerprint density at radius 1 is 1.27 bits per heavy atom. The molecule has 1 aromatic rings. The second-order valence-electron chi connectivity index (χ2n) is 6.24. The van der Waals surface area contributed by atoms with E-state index in [9.17, 15) is 9.59 Å². The Hall–Kier alpha value is -1.69. The number of carbonyl (C=O) groups is 2. The van der Waals surface area contributed by atoms with E-state index >= 15 is 0 Å². The minimum atomic E-state index is -0.627. The molecule has 0 saturated carbocycles. The number of rotatable bonds is 2. The topological polar surface area (TPSA) is 67.8 Å². The van der Waals surface area contributed by atoms with E-state index in [0.29, 0.717) is 5.71 Å². The van der Waals surface area contributed by atoms with E-state index in [1.54, 1.807) is 6.92 Å². The van der Waals surface area contributed by atoms with Crippen LogP contribution in [0.2, 0.25) is 0 Å². The number of carbonyl (C=O) groups excluding carboxylic acids is 2. The van der Waals surface area contributed by atoms with Gasteiger partial charge in [0.15, 0.2) is 0 Å². The summed E-state index contributed by atoms with van der Waals surface area (Å²) in [5, 5.41) is 2.76. The zero-order chi connectivity index (χ0) is 16.5. The van der Waals surface area contributed by atoms with E-state index < -0.39 is 23.6 Å². The van der Waals surface area contributed by atoms with E-state index in [0.717, 1.165) is 10.0 Å².